The van der Waals surface area contributed by atoms with Crippen molar-refractivity contribution in [2.45, 2.75) is 25.8 Å². The number of amides is 1. The maximum atomic E-state index is 11.0. The molecule has 1 heterocycles. The lowest BCUT2D eigenvalue weighted by atomic mass is 10.0. The quantitative estimate of drug-likeness (QED) is 0.686. The number of hydrogen-bond acceptors (Lipinski definition) is 4. The number of carbonyl (C=O) groups excluding carboxylic acids is 1. The molecule has 1 N–H and O–H groups in total. The molecule has 2 rings (SSSR count). The van der Waals surface area contributed by atoms with Gasteiger partial charge in [-0.25, -0.2) is 0 Å². The van der Waals surface area contributed by atoms with Crippen LogP contribution in [0.3, 0.4) is 0 Å². The number of nitrogens with zero attached hydrogens (tertiary/aromatic N) is 2. The van der Waals surface area contributed by atoms with E-state index in [-0.39, 0.29) is 17.6 Å². The molecule has 7 heteroatoms. The van der Waals surface area contributed by atoms with E-state index >= 15 is 0 Å². The predicted octanol–water partition coefficient (Wildman–Crippen LogP) is 2.35. The van der Waals surface area contributed by atoms with Gasteiger partial charge in [0.15, 0.2) is 0 Å². The number of non-ortho nitro benzene ring substituents is 1. The first-order valence-electron chi connectivity index (χ1n) is 6.43. The molecule has 1 aliphatic rings. The second kappa shape index (κ2) is 6.09. The fourth-order valence-corrected chi connectivity index (χ4v) is 2.71. The van der Waals surface area contributed by atoms with Crippen molar-refractivity contribution in [3.05, 3.63) is 33.3 Å². The van der Waals surface area contributed by atoms with E-state index < -0.39 is 4.92 Å². The third-order valence-electron chi connectivity index (χ3n) is 3.39. The van der Waals surface area contributed by atoms with Crippen LogP contribution in [-0.4, -0.2) is 30.0 Å². The van der Waals surface area contributed by atoms with Crippen molar-refractivity contribution < 1.29 is 9.72 Å². The molecule has 1 fully saturated rings. The monoisotopic (exact) mass is 297 g/mol. The Hall–Kier alpha value is -1.82. The van der Waals surface area contributed by atoms with Crippen LogP contribution in [0.15, 0.2) is 18.2 Å². The highest BCUT2D eigenvalue weighted by Gasteiger charge is 2.22. The summed E-state index contributed by atoms with van der Waals surface area (Å²) in [7, 11) is 0. The maximum Gasteiger partial charge on any atom is 0.271 e. The first kappa shape index (κ1) is 14.6. The number of anilines is 1. The molecule has 0 saturated carbocycles. The van der Waals surface area contributed by atoms with Crippen molar-refractivity contribution in [2.75, 3.05) is 18.0 Å². The molecule has 1 aromatic carbocycles. The Balaban J connectivity index is 2.03. The molecule has 1 amide bonds. The summed E-state index contributed by atoms with van der Waals surface area (Å²) in [6.07, 6.45) is 1.68. The molecule has 6 nitrogen and oxygen atoms in total. The Morgan fingerprint density at radius 1 is 1.45 bits per heavy atom. The molecule has 1 saturated heterocycles. The van der Waals surface area contributed by atoms with Crippen LogP contribution in [0.5, 0.6) is 0 Å². The van der Waals surface area contributed by atoms with Gasteiger partial charge in [-0.3, -0.25) is 14.9 Å². The zero-order valence-electron chi connectivity index (χ0n) is 11.1. The lowest BCUT2D eigenvalue weighted by molar-refractivity contribution is -0.384. The summed E-state index contributed by atoms with van der Waals surface area (Å²) >= 11 is 6.11. The Bertz CT molecular complexity index is 528. The van der Waals surface area contributed by atoms with E-state index in [1.165, 1.54) is 19.1 Å². The van der Waals surface area contributed by atoms with Gasteiger partial charge in [0.2, 0.25) is 5.91 Å². The Morgan fingerprint density at radius 3 is 2.60 bits per heavy atom. The smallest absolute Gasteiger partial charge is 0.271 e. The van der Waals surface area contributed by atoms with E-state index in [0.29, 0.717) is 5.02 Å². The first-order valence-corrected chi connectivity index (χ1v) is 6.81. The number of nitro groups is 1. The Labute approximate surface area is 121 Å². The van der Waals surface area contributed by atoms with Crippen molar-refractivity contribution in [3.63, 3.8) is 0 Å². The van der Waals surface area contributed by atoms with Gasteiger partial charge in [0.25, 0.3) is 5.69 Å². The van der Waals surface area contributed by atoms with Gasteiger partial charge in [0.05, 0.1) is 15.6 Å². The van der Waals surface area contributed by atoms with E-state index in [9.17, 15) is 14.9 Å². The van der Waals surface area contributed by atoms with E-state index in [0.717, 1.165) is 31.6 Å². The molecule has 20 heavy (non-hydrogen) atoms. The summed E-state index contributed by atoms with van der Waals surface area (Å²) in [6.45, 7) is 3.05. The minimum Gasteiger partial charge on any atom is -0.370 e. The van der Waals surface area contributed by atoms with Gasteiger partial charge in [0, 0.05) is 38.2 Å². The molecule has 108 valence electrons. The second-order valence-corrected chi connectivity index (χ2v) is 5.26. The van der Waals surface area contributed by atoms with Crippen LogP contribution in [0.1, 0.15) is 19.8 Å². The summed E-state index contributed by atoms with van der Waals surface area (Å²) in [6, 6.07) is 4.71. The van der Waals surface area contributed by atoms with Crippen molar-refractivity contribution in [1.29, 1.82) is 0 Å². The third kappa shape index (κ3) is 3.39. The highest BCUT2D eigenvalue weighted by Crippen LogP contribution is 2.31. The number of benzene rings is 1. The fourth-order valence-electron chi connectivity index (χ4n) is 2.42. The molecule has 1 aromatic rings. The maximum absolute atomic E-state index is 11.0. The van der Waals surface area contributed by atoms with Crippen LogP contribution in [0.2, 0.25) is 5.02 Å². The summed E-state index contributed by atoms with van der Waals surface area (Å²) in [5, 5.41) is 14.0. The topological polar surface area (TPSA) is 75.5 Å². The zero-order chi connectivity index (χ0) is 14.7. The van der Waals surface area contributed by atoms with Gasteiger partial charge in [-0.2, -0.15) is 0 Å². The fraction of sp³-hybridized carbons (Fsp3) is 0.462. The molecule has 0 aliphatic carbocycles. The minimum atomic E-state index is -0.460. The molecular formula is C13H16ClN3O3. The van der Waals surface area contributed by atoms with Crippen LogP contribution < -0.4 is 10.2 Å². The summed E-state index contributed by atoms with van der Waals surface area (Å²) in [4.78, 5) is 23.3. The van der Waals surface area contributed by atoms with E-state index in [1.807, 2.05) is 0 Å². The van der Waals surface area contributed by atoms with Crippen LogP contribution in [0.25, 0.3) is 0 Å². The minimum absolute atomic E-state index is 0.00752. The first-order chi connectivity index (χ1) is 9.47. The lowest BCUT2D eigenvalue weighted by Crippen LogP contribution is -2.44. The van der Waals surface area contributed by atoms with Gasteiger partial charge in [-0.1, -0.05) is 11.6 Å². The highest BCUT2D eigenvalue weighted by molar-refractivity contribution is 6.33. The lowest BCUT2D eigenvalue weighted by Gasteiger charge is -2.34. The molecule has 0 radical (unpaired) electrons. The molecule has 0 unspecified atom stereocenters. The van der Waals surface area contributed by atoms with Crippen LogP contribution in [0, 0.1) is 10.1 Å². The number of nitrogens with one attached hydrogen (secondary N) is 1. The molecule has 0 bridgehead atoms. The van der Waals surface area contributed by atoms with E-state index in [4.69, 9.17) is 11.6 Å². The standard InChI is InChI=1S/C13H16ClN3O3/c1-9(18)15-10-4-6-16(7-5-10)13-3-2-11(17(19)20)8-12(13)14/h2-3,8,10H,4-7H2,1H3,(H,15,18). The summed E-state index contributed by atoms with van der Waals surface area (Å²) in [5.41, 5.74) is 0.797. The largest absolute Gasteiger partial charge is 0.370 e. The second-order valence-electron chi connectivity index (χ2n) is 4.85. The summed E-state index contributed by atoms with van der Waals surface area (Å²) < 4.78 is 0. The van der Waals surface area contributed by atoms with Gasteiger partial charge in [-0.15, -0.1) is 0 Å². The number of rotatable bonds is 3. The predicted molar refractivity (Wildman–Crippen MR) is 77.2 cm³/mol. The van der Waals surface area contributed by atoms with E-state index in [2.05, 4.69) is 10.2 Å². The van der Waals surface area contributed by atoms with Gasteiger partial charge < -0.3 is 10.2 Å². The van der Waals surface area contributed by atoms with Crippen LogP contribution in [-0.2, 0) is 4.79 Å². The number of nitro benzene ring substituents is 1. The highest BCUT2D eigenvalue weighted by atomic mass is 35.5. The van der Waals surface area contributed by atoms with Gasteiger partial charge in [-0.05, 0) is 18.9 Å². The average Bonchev–Trinajstić information content (AvgIpc) is 2.39. The van der Waals surface area contributed by atoms with Crippen molar-refractivity contribution in [1.82, 2.24) is 5.32 Å². The molecular weight excluding hydrogens is 282 g/mol. The van der Waals surface area contributed by atoms with Crippen LogP contribution >= 0.6 is 11.6 Å². The SMILES string of the molecule is CC(=O)NC1CCN(c2ccc([N+](=O)[O-])cc2Cl)CC1. The average molecular weight is 298 g/mol. The van der Waals surface area contributed by atoms with E-state index in [1.54, 1.807) is 6.07 Å². The Kier molecular flexibility index (Phi) is 4.44. The third-order valence-corrected chi connectivity index (χ3v) is 3.69. The molecule has 1 aliphatic heterocycles. The Morgan fingerprint density at radius 2 is 2.10 bits per heavy atom. The number of hydrogen-bond donors (Lipinski definition) is 1. The molecule has 0 atom stereocenters. The summed E-state index contributed by atoms with van der Waals surface area (Å²) in [5.74, 6) is -0.0168. The van der Waals surface area contributed by atoms with Crippen LogP contribution in [0.4, 0.5) is 11.4 Å². The van der Waals surface area contributed by atoms with Crippen molar-refractivity contribution in [3.8, 4) is 0 Å². The number of piperidine rings is 1. The van der Waals surface area contributed by atoms with Gasteiger partial charge in [0.1, 0.15) is 0 Å². The normalized spacial score (nSPS) is 16.0. The van der Waals surface area contributed by atoms with Crippen molar-refractivity contribution in [2.24, 2.45) is 0 Å². The molecule has 0 aromatic heterocycles. The molecule has 0 spiro atoms. The number of halogens is 1. The van der Waals surface area contributed by atoms with Gasteiger partial charge >= 0.3 is 0 Å². The zero-order valence-corrected chi connectivity index (χ0v) is 11.9. The number of carbonyl (C=O) groups is 1. The van der Waals surface area contributed by atoms with Crippen molar-refractivity contribution >= 4 is 28.9 Å².